The highest BCUT2D eigenvalue weighted by atomic mass is 19.4. The van der Waals surface area contributed by atoms with Gasteiger partial charge in [-0.15, -0.1) is 5.10 Å². The molecule has 0 bridgehead atoms. The lowest BCUT2D eigenvalue weighted by Gasteiger charge is -2.26. The third-order valence-corrected chi connectivity index (χ3v) is 3.86. The fraction of sp³-hybridized carbons (Fsp3) is 0.400. The maximum Gasteiger partial charge on any atom is 0.435 e. The summed E-state index contributed by atoms with van der Waals surface area (Å²) >= 11 is 0. The standard InChI is InChI=1S/C15H14F4N4O/c16-10-4-6-11(7-5-10)23-13(15(17,18)19)12(20-21-23)14(24)22-8-2-1-3-9-22/h4-7H,1-3,8-9H2. The Bertz CT molecular complexity index is 733. The van der Waals surface area contributed by atoms with Crippen molar-refractivity contribution in [3.8, 4) is 5.69 Å². The normalized spacial score (nSPS) is 15.6. The first-order valence-corrected chi connectivity index (χ1v) is 7.46. The highest BCUT2D eigenvalue weighted by Crippen LogP contribution is 2.33. The largest absolute Gasteiger partial charge is 0.435 e. The Morgan fingerprint density at radius 2 is 1.67 bits per heavy atom. The van der Waals surface area contributed by atoms with Crippen molar-refractivity contribution < 1.29 is 22.4 Å². The molecular formula is C15H14F4N4O. The van der Waals surface area contributed by atoms with Gasteiger partial charge in [0.2, 0.25) is 0 Å². The van der Waals surface area contributed by atoms with E-state index in [0.29, 0.717) is 17.8 Å². The molecule has 0 N–H and O–H groups in total. The van der Waals surface area contributed by atoms with Crippen molar-refractivity contribution in [2.24, 2.45) is 0 Å². The molecule has 1 aromatic heterocycles. The van der Waals surface area contributed by atoms with Crippen LogP contribution in [0.3, 0.4) is 0 Å². The maximum absolute atomic E-state index is 13.5. The molecule has 0 saturated carbocycles. The number of hydrogen-bond donors (Lipinski definition) is 0. The number of aromatic nitrogens is 3. The summed E-state index contributed by atoms with van der Waals surface area (Å²) in [5, 5.41) is 6.94. The number of amides is 1. The monoisotopic (exact) mass is 342 g/mol. The molecule has 2 aromatic rings. The number of nitrogens with zero attached hydrogens (tertiary/aromatic N) is 4. The Morgan fingerprint density at radius 1 is 1.04 bits per heavy atom. The number of alkyl halides is 3. The van der Waals surface area contributed by atoms with Gasteiger partial charge in [-0.05, 0) is 43.5 Å². The minimum absolute atomic E-state index is 0.0195. The van der Waals surface area contributed by atoms with Crippen LogP contribution in [0.5, 0.6) is 0 Å². The lowest BCUT2D eigenvalue weighted by Crippen LogP contribution is -2.37. The topological polar surface area (TPSA) is 51.0 Å². The van der Waals surface area contributed by atoms with Crippen LogP contribution >= 0.6 is 0 Å². The molecular weight excluding hydrogens is 328 g/mol. The van der Waals surface area contributed by atoms with E-state index in [0.717, 1.165) is 43.5 Å². The lowest BCUT2D eigenvalue weighted by atomic mass is 10.1. The van der Waals surface area contributed by atoms with Crippen LogP contribution in [0.4, 0.5) is 17.6 Å². The Labute approximate surface area is 134 Å². The van der Waals surface area contributed by atoms with Gasteiger partial charge < -0.3 is 4.90 Å². The number of rotatable bonds is 2. The van der Waals surface area contributed by atoms with Crippen molar-refractivity contribution in [2.75, 3.05) is 13.1 Å². The maximum atomic E-state index is 13.5. The summed E-state index contributed by atoms with van der Waals surface area (Å²) in [5.74, 6) is -1.37. The van der Waals surface area contributed by atoms with Gasteiger partial charge in [-0.25, -0.2) is 9.07 Å². The average Bonchev–Trinajstić information content (AvgIpc) is 3.01. The minimum Gasteiger partial charge on any atom is -0.337 e. The molecule has 0 radical (unpaired) electrons. The molecule has 0 aliphatic carbocycles. The Balaban J connectivity index is 2.04. The molecule has 1 saturated heterocycles. The first-order chi connectivity index (χ1) is 11.4. The number of carbonyl (C=O) groups is 1. The van der Waals surface area contributed by atoms with E-state index in [1.807, 2.05) is 0 Å². The van der Waals surface area contributed by atoms with E-state index in [1.165, 1.54) is 4.90 Å². The molecule has 0 unspecified atom stereocenters. The highest BCUT2D eigenvalue weighted by Gasteiger charge is 2.43. The highest BCUT2D eigenvalue weighted by molar-refractivity contribution is 5.93. The van der Waals surface area contributed by atoms with Crippen molar-refractivity contribution in [2.45, 2.75) is 25.4 Å². The Kier molecular flexibility index (Phi) is 4.25. The Morgan fingerprint density at radius 3 is 2.25 bits per heavy atom. The van der Waals surface area contributed by atoms with Gasteiger partial charge in [0, 0.05) is 13.1 Å². The molecule has 1 aromatic carbocycles. The van der Waals surface area contributed by atoms with Gasteiger partial charge >= 0.3 is 6.18 Å². The third kappa shape index (κ3) is 3.10. The van der Waals surface area contributed by atoms with E-state index >= 15 is 0 Å². The van der Waals surface area contributed by atoms with Gasteiger partial charge in [0.15, 0.2) is 11.4 Å². The van der Waals surface area contributed by atoms with E-state index in [-0.39, 0.29) is 5.69 Å². The van der Waals surface area contributed by atoms with Crippen LogP contribution in [0.15, 0.2) is 24.3 Å². The van der Waals surface area contributed by atoms with E-state index < -0.39 is 29.3 Å². The molecule has 128 valence electrons. The van der Waals surface area contributed by atoms with Crippen molar-refractivity contribution in [3.05, 3.63) is 41.5 Å². The summed E-state index contributed by atoms with van der Waals surface area (Å²) in [5.41, 5.74) is -1.99. The van der Waals surface area contributed by atoms with Gasteiger partial charge in [-0.1, -0.05) is 5.21 Å². The van der Waals surface area contributed by atoms with E-state index in [9.17, 15) is 22.4 Å². The number of piperidine rings is 1. The molecule has 9 heteroatoms. The molecule has 1 amide bonds. The Hall–Kier alpha value is -2.45. The number of halogens is 4. The summed E-state index contributed by atoms with van der Waals surface area (Å²) in [6.07, 6.45) is -2.38. The predicted molar refractivity (Wildman–Crippen MR) is 76.1 cm³/mol. The second-order valence-corrected chi connectivity index (χ2v) is 5.53. The molecule has 3 rings (SSSR count). The molecule has 0 spiro atoms. The second-order valence-electron chi connectivity index (χ2n) is 5.53. The zero-order chi connectivity index (χ0) is 17.3. The van der Waals surface area contributed by atoms with Crippen LogP contribution in [0, 0.1) is 5.82 Å². The minimum atomic E-state index is -4.82. The van der Waals surface area contributed by atoms with Crippen molar-refractivity contribution in [1.29, 1.82) is 0 Å². The fourth-order valence-electron chi connectivity index (χ4n) is 2.69. The van der Waals surface area contributed by atoms with Crippen LogP contribution in [0.1, 0.15) is 35.4 Å². The zero-order valence-corrected chi connectivity index (χ0v) is 12.6. The number of likely N-dealkylation sites (tertiary alicyclic amines) is 1. The zero-order valence-electron chi connectivity index (χ0n) is 12.6. The molecule has 0 atom stereocenters. The van der Waals surface area contributed by atoms with Crippen molar-refractivity contribution >= 4 is 5.91 Å². The molecule has 5 nitrogen and oxygen atoms in total. The lowest BCUT2D eigenvalue weighted by molar-refractivity contribution is -0.143. The van der Waals surface area contributed by atoms with Crippen molar-refractivity contribution in [1.82, 2.24) is 19.9 Å². The summed E-state index contributed by atoms with van der Waals surface area (Å²) in [6, 6.07) is 4.33. The van der Waals surface area contributed by atoms with E-state index in [2.05, 4.69) is 10.3 Å². The number of hydrogen-bond acceptors (Lipinski definition) is 3. The van der Waals surface area contributed by atoms with Crippen LogP contribution in [0.2, 0.25) is 0 Å². The molecule has 1 aliphatic rings. The SMILES string of the molecule is O=C(c1nnn(-c2ccc(F)cc2)c1C(F)(F)F)N1CCCCC1. The quantitative estimate of drug-likeness (QED) is 0.788. The van der Waals surface area contributed by atoms with Gasteiger partial charge in [0.1, 0.15) is 5.82 Å². The fourth-order valence-corrected chi connectivity index (χ4v) is 2.69. The number of carbonyl (C=O) groups excluding carboxylic acids is 1. The first-order valence-electron chi connectivity index (χ1n) is 7.46. The summed E-state index contributed by atoms with van der Waals surface area (Å²) in [6.45, 7) is 0.805. The van der Waals surface area contributed by atoms with Gasteiger partial charge in [0.25, 0.3) is 5.91 Å². The summed E-state index contributed by atoms with van der Waals surface area (Å²) < 4.78 is 54.0. The van der Waals surface area contributed by atoms with Crippen LogP contribution < -0.4 is 0 Å². The summed E-state index contributed by atoms with van der Waals surface area (Å²) in [4.78, 5) is 13.8. The molecule has 2 heterocycles. The number of benzene rings is 1. The van der Waals surface area contributed by atoms with E-state index in [1.54, 1.807) is 0 Å². The molecule has 1 fully saturated rings. The summed E-state index contributed by atoms with van der Waals surface area (Å²) in [7, 11) is 0. The first kappa shape index (κ1) is 16.4. The van der Waals surface area contributed by atoms with Gasteiger partial charge in [0.05, 0.1) is 5.69 Å². The van der Waals surface area contributed by atoms with E-state index in [4.69, 9.17) is 0 Å². The average molecular weight is 342 g/mol. The smallest absolute Gasteiger partial charge is 0.337 e. The predicted octanol–water partition coefficient (Wildman–Crippen LogP) is 3.05. The van der Waals surface area contributed by atoms with Crippen LogP contribution in [-0.4, -0.2) is 38.9 Å². The second kappa shape index (κ2) is 6.21. The molecule has 1 aliphatic heterocycles. The molecule has 24 heavy (non-hydrogen) atoms. The van der Waals surface area contributed by atoms with Crippen LogP contribution in [-0.2, 0) is 6.18 Å². The van der Waals surface area contributed by atoms with Gasteiger partial charge in [-0.3, -0.25) is 4.79 Å². The van der Waals surface area contributed by atoms with Crippen LogP contribution in [0.25, 0.3) is 5.69 Å². The van der Waals surface area contributed by atoms with Crippen molar-refractivity contribution in [3.63, 3.8) is 0 Å². The third-order valence-electron chi connectivity index (χ3n) is 3.86. The van der Waals surface area contributed by atoms with Gasteiger partial charge in [-0.2, -0.15) is 13.2 Å².